The first-order chi connectivity index (χ1) is 6.16. The molecule has 1 amide bonds. The van der Waals surface area contributed by atoms with Gasteiger partial charge in [-0.15, -0.1) is 0 Å². The summed E-state index contributed by atoms with van der Waals surface area (Å²) in [6, 6.07) is 0. The molecule has 0 aliphatic carbocycles. The number of aliphatic carboxylic acids is 1. The summed E-state index contributed by atoms with van der Waals surface area (Å²) in [6.45, 7) is 0.0269. The molecule has 0 aromatic heterocycles. The SMILES string of the molecule is CN=CNOC(=O)NCCC(=O)O. The van der Waals surface area contributed by atoms with Crippen LogP contribution in [0.15, 0.2) is 4.99 Å². The van der Waals surface area contributed by atoms with E-state index in [9.17, 15) is 9.59 Å². The highest BCUT2D eigenvalue weighted by molar-refractivity contribution is 5.70. The summed E-state index contributed by atoms with van der Waals surface area (Å²) in [5.74, 6) is -0.983. The van der Waals surface area contributed by atoms with Crippen LogP contribution in [0, 0.1) is 0 Å². The number of hydroxylamine groups is 1. The van der Waals surface area contributed by atoms with Crippen molar-refractivity contribution in [2.24, 2.45) is 4.99 Å². The van der Waals surface area contributed by atoms with Gasteiger partial charge in [0.2, 0.25) is 0 Å². The Morgan fingerprint density at radius 2 is 2.31 bits per heavy atom. The maximum absolute atomic E-state index is 10.6. The average Bonchev–Trinajstić information content (AvgIpc) is 2.04. The maximum atomic E-state index is 10.6. The van der Waals surface area contributed by atoms with Gasteiger partial charge in [0, 0.05) is 13.6 Å². The summed E-state index contributed by atoms with van der Waals surface area (Å²) in [5, 5.41) is 10.4. The van der Waals surface area contributed by atoms with Gasteiger partial charge in [-0.3, -0.25) is 9.79 Å². The highest BCUT2D eigenvalue weighted by Gasteiger charge is 2.01. The largest absolute Gasteiger partial charge is 0.481 e. The number of hydrogen-bond donors (Lipinski definition) is 3. The Morgan fingerprint density at radius 3 is 2.85 bits per heavy atom. The van der Waals surface area contributed by atoms with Crippen molar-refractivity contribution in [3.63, 3.8) is 0 Å². The molecule has 3 N–H and O–H groups in total. The zero-order valence-electron chi connectivity index (χ0n) is 7.11. The maximum Gasteiger partial charge on any atom is 0.431 e. The fraction of sp³-hybridized carbons (Fsp3) is 0.500. The zero-order valence-corrected chi connectivity index (χ0v) is 7.11. The molecule has 0 aliphatic rings. The van der Waals surface area contributed by atoms with Crippen LogP contribution in [0.25, 0.3) is 0 Å². The summed E-state index contributed by atoms with van der Waals surface area (Å²) in [4.78, 5) is 28.5. The molecule has 0 atom stereocenters. The minimum atomic E-state index is -0.983. The monoisotopic (exact) mass is 189 g/mol. The van der Waals surface area contributed by atoms with E-state index in [0.717, 1.165) is 0 Å². The number of hydrogen-bond acceptors (Lipinski definition) is 4. The summed E-state index contributed by atoms with van der Waals surface area (Å²) in [7, 11) is 1.50. The number of rotatable bonds is 5. The van der Waals surface area contributed by atoms with Crippen molar-refractivity contribution in [1.29, 1.82) is 0 Å². The lowest BCUT2D eigenvalue weighted by Crippen LogP contribution is -2.31. The van der Waals surface area contributed by atoms with Gasteiger partial charge in [0.05, 0.1) is 6.42 Å². The van der Waals surface area contributed by atoms with Gasteiger partial charge in [-0.2, -0.15) is 0 Å². The highest BCUT2D eigenvalue weighted by Crippen LogP contribution is 1.76. The van der Waals surface area contributed by atoms with Crippen LogP contribution in [-0.2, 0) is 9.63 Å². The van der Waals surface area contributed by atoms with Crippen LogP contribution in [0.3, 0.4) is 0 Å². The number of carbonyl (C=O) groups excluding carboxylic acids is 1. The van der Waals surface area contributed by atoms with Crippen LogP contribution < -0.4 is 10.8 Å². The van der Waals surface area contributed by atoms with Gasteiger partial charge in [-0.05, 0) is 0 Å². The lowest BCUT2D eigenvalue weighted by molar-refractivity contribution is -0.136. The lowest BCUT2D eigenvalue weighted by Gasteiger charge is -2.02. The molecule has 0 aromatic carbocycles. The summed E-state index contributed by atoms with van der Waals surface area (Å²) < 4.78 is 0. The number of carbonyl (C=O) groups is 2. The molecule has 0 rings (SSSR count). The second-order valence-electron chi connectivity index (χ2n) is 1.97. The van der Waals surface area contributed by atoms with Crippen molar-refractivity contribution in [2.45, 2.75) is 6.42 Å². The Balaban J connectivity index is 3.35. The van der Waals surface area contributed by atoms with Crippen molar-refractivity contribution >= 4 is 18.4 Å². The molecule has 7 nitrogen and oxygen atoms in total. The topological polar surface area (TPSA) is 100 Å². The van der Waals surface area contributed by atoms with Crippen molar-refractivity contribution in [3.05, 3.63) is 0 Å². The van der Waals surface area contributed by atoms with Gasteiger partial charge in [0.15, 0.2) is 0 Å². The van der Waals surface area contributed by atoms with E-state index in [0.29, 0.717) is 0 Å². The molecule has 0 aliphatic heterocycles. The molecule has 0 saturated carbocycles. The van der Waals surface area contributed by atoms with E-state index < -0.39 is 12.1 Å². The van der Waals surface area contributed by atoms with E-state index in [1.165, 1.54) is 13.4 Å². The quantitative estimate of drug-likeness (QED) is 0.303. The Bertz CT molecular complexity index is 204. The number of amides is 1. The second kappa shape index (κ2) is 6.89. The summed E-state index contributed by atoms with van der Waals surface area (Å²) in [6.07, 6.45) is 0.287. The third-order valence-corrected chi connectivity index (χ3v) is 0.942. The Morgan fingerprint density at radius 1 is 1.62 bits per heavy atom. The Hall–Kier alpha value is -1.79. The predicted octanol–water partition coefficient (Wildman–Crippen LogP) is -0.650. The van der Waals surface area contributed by atoms with Gasteiger partial charge in [-0.25, -0.2) is 10.3 Å². The van der Waals surface area contributed by atoms with Crippen LogP contribution in [0.2, 0.25) is 0 Å². The molecule has 0 radical (unpaired) electrons. The summed E-state index contributed by atoms with van der Waals surface area (Å²) >= 11 is 0. The van der Waals surface area contributed by atoms with E-state index >= 15 is 0 Å². The molecular weight excluding hydrogens is 178 g/mol. The van der Waals surface area contributed by atoms with Crippen molar-refractivity contribution in [3.8, 4) is 0 Å². The molecule has 0 unspecified atom stereocenters. The standard InChI is InChI=1S/C6H11N3O4/c1-7-4-9-13-6(12)8-3-2-5(10)11/h4H,2-3H2,1H3,(H,7,9)(H,8,12)(H,10,11). The van der Waals surface area contributed by atoms with Crippen LogP contribution in [0.4, 0.5) is 4.79 Å². The van der Waals surface area contributed by atoms with Crippen molar-refractivity contribution in [2.75, 3.05) is 13.6 Å². The molecule has 0 fully saturated rings. The van der Waals surface area contributed by atoms with Crippen LogP contribution in [-0.4, -0.2) is 37.1 Å². The fourth-order valence-corrected chi connectivity index (χ4v) is 0.440. The number of nitrogens with zero attached hydrogens (tertiary/aromatic N) is 1. The van der Waals surface area contributed by atoms with E-state index in [-0.39, 0.29) is 13.0 Å². The van der Waals surface area contributed by atoms with E-state index in [4.69, 9.17) is 5.11 Å². The molecule has 13 heavy (non-hydrogen) atoms. The van der Waals surface area contributed by atoms with Gasteiger partial charge in [0.25, 0.3) is 0 Å². The second-order valence-corrected chi connectivity index (χ2v) is 1.97. The Kier molecular flexibility index (Phi) is 5.94. The van der Waals surface area contributed by atoms with Crippen LogP contribution in [0.5, 0.6) is 0 Å². The van der Waals surface area contributed by atoms with Gasteiger partial charge in [0.1, 0.15) is 6.34 Å². The Labute approximate surface area is 74.7 Å². The van der Waals surface area contributed by atoms with Crippen LogP contribution >= 0.6 is 0 Å². The molecule has 0 aromatic rings. The third kappa shape index (κ3) is 8.11. The first-order valence-corrected chi connectivity index (χ1v) is 3.49. The van der Waals surface area contributed by atoms with Crippen molar-refractivity contribution < 1.29 is 19.5 Å². The third-order valence-electron chi connectivity index (χ3n) is 0.942. The number of carboxylic acid groups (broad SMARTS) is 1. The van der Waals surface area contributed by atoms with Gasteiger partial charge < -0.3 is 15.3 Å². The minimum Gasteiger partial charge on any atom is -0.481 e. The molecule has 74 valence electrons. The first-order valence-electron chi connectivity index (χ1n) is 3.49. The minimum absolute atomic E-state index is 0.0269. The first kappa shape index (κ1) is 11.2. The van der Waals surface area contributed by atoms with E-state index in [2.05, 4.69) is 20.6 Å². The van der Waals surface area contributed by atoms with Crippen LogP contribution in [0.1, 0.15) is 6.42 Å². The normalized spacial score (nSPS) is 9.62. The molecule has 7 heteroatoms. The molecule has 0 spiro atoms. The molecule has 0 heterocycles. The van der Waals surface area contributed by atoms with Gasteiger partial charge in [-0.1, -0.05) is 0 Å². The van der Waals surface area contributed by atoms with Gasteiger partial charge >= 0.3 is 12.1 Å². The molecule has 0 bridgehead atoms. The molecule has 0 saturated heterocycles. The average molecular weight is 189 g/mol. The molecular formula is C6H11N3O4. The fourth-order valence-electron chi connectivity index (χ4n) is 0.440. The smallest absolute Gasteiger partial charge is 0.431 e. The van der Waals surface area contributed by atoms with Crippen molar-refractivity contribution in [1.82, 2.24) is 10.8 Å². The zero-order chi connectivity index (χ0) is 10.1. The summed E-state index contributed by atoms with van der Waals surface area (Å²) in [5.41, 5.74) is 2.12. The van der Waals surface area contributed by atoms with E-state index in [1.54, 1.807) is 0 Å². The predicted molar refractivity (Wildman–Crippen MR) is 44.3 cm³/mol. The number of carboxylic acids is 1. The number of aliphatic imine (C=N–C) groups is 1. The highest BCUT2D eigenvalue weighted by atomic mass is 16.7. The lowest BCUT2D eigenvalue weighted by atomic mass is 10.4. The van der Waals surface area contributed by atoms with E-state index in [1.807, 2.05) is 0 Å². The number of nitrogens with one attached hydrogen (secondary N) is 2.